The Kier molecular flexibility index (Phi) is 12.4. The lowest BCUT2D eigenvalue weighted by Gasteiger charge is -2.24. The van der Waals surface area contributed by atoms with Crippen LogP contribution in [0.3, 0.4) is 0 Å². The van der Waals surface area contributed by atoms with E-state index in [1.54, 1.807) is 12.1 Å². The number of nitrogens with two attached hydrogens (primary N) is 3. The van der Waals surface area contributed by atoms with Gasteiger partial charge < -0.3 is 43.4 Å². The molecule has 0 aliphatic carbocycles. The summed E-state index contributed by atoms with van der Waals surface area (Å²) in [4.78, 5) is 54.3. The number of amides is 3. The van der Waals surface area contributed by atoms with E-state index in [9.17, 15) is 29.4 Å². The molecule has 11 N–H and O–H groups in total. The van der Waals surface area contributed by atoms with E-state index in [0.717, 1.165) is 5.56 Å². The fourth-order valence-corrected chi connectivity index (χ4v) is 3.76. The maximum atomic E-state index is 13.1. The summed E-state index contributed by atoms with van der Waals surface area (Å²) in [5.41, 5.74) is 18.1. The van der Waals surface area contributed by atoms with Crippen molar-refractivity contribution in [3.8, 4) is 5.75 Å². The van der Waals surface area contributed by atoms with Gasteiger partial charge in [-0.2, -0.15) is 0 Å². The largest absolute Gasteiger partial charge is 0.508 e. The summed E-state index contributed by atoms with van der Waals surface area (Å²) in [5, 5.41) is 26.7. The van der Waals surface area contributed by atoms with Crippen molar-refractivity contribution in [2.24, 2.45) is 22.2 Å². The van der Waals surface area contributed by atoms with E-state index in [0.29, 0.717) is 12.0 Å². The molecule has 0 aliphatic rings. The summed E-state index contributed by atoms with van der Waals surface area (Å²) >= 11 is 0. The number of rotatable bonds is 15. The molecule has 0 fully saturated rings. The van der Waals surface area contributed by atoms with E-state index in [4.69, 9.17) is 17.2 Å². The number of nitrogens with one attached hydrogen (secondary N) is 3. The number of aliphatic imine (C=N–C) groups is 1. The molecule has 0 bridgehead atoms. The molecule has 4 unspecified atom stereocenters. The topological polar surface area (TPSA) is 235 Å². The van der Waals surface area contributed by atoms with Crippen LogP contribution in [0.1, 0.15) is 30.9 Å². The second kappa shape index (κ2) is 15.7. The van der Waals surface area contributed by atoms with Crippen LogP contribution in [0, 0.1) is 0 Å². The van der Waals surface area contributed by atoms with Crippen LogP contribution in [0.4, 0.5) is 0 Å². The summed E-state index contributed by atoms with van der Waals surface area (Å²) in [6.07, 6.45) is 0.610. The standard InChI is InChI=1S/C27H37N7O6/c1-16(32-24(37)20(28)14-17-6-3-2-4-7-17)23(36)33-21(8-5-13-31-27(29)30)25(38)34-22(26(39)40)15-18-9-11-19(35)12-10-18/h2-4,6-7,9-12,16,20-22,35H,5,8,13-15,28H2,1H3,(H,32,37)(H,33,36)(H,34,38)(H,39,40)(H4,29,30,31). The normalized spacial score (nSPS) is 13.7. The minimum absolute atomic E-state index is 0.0189. The fraction of sp³-hybridized carbons (Fsp3) is 0.370. The molecule has 0 radical (unpaired) electrons. The van der Waals surface area contributed by atoms with Gasteiger partial charge in [0.1, 0.15) is 23.9 Å². The van der Waals surface area contributed by atoms with Crippen molar-refractivity contribution in [2.45, 2.75) is 56.8 Å². The maximum Gasteiger partial charge on any atom is 0.326 e. The molecule has 216 valence electrons. The zero-order chi connectivity index (χ0) is 29.7. The molecule has 3 amide bonds. The Balaban J connectivity index is 2.05. The van der Waals surface area contributed by atoms with Gasteiger partial charge in [0.15, 0.2) is 5.96 Å². The van der Waals surface area contributed by atoms with Gasteiger partial charge in [-0.15, -0.1) is 0 Å². The first-order chi connectivity index (χ1) is 19.0. The van der Waals surface area contributed by atoms with E-state index < -0.39 is 47.9 Å². The molecule has 13 nitrogen and oxygen atoms in total. The predicted octanol–water partition coefficient (Wildman–Crippen LogP) is -0.883. The first-order valence-corrected chi connectivity index (χ1v) is 12.7. The van der Waals surface area contributed by atoms with Gasteiger partial charge in [-0.05, 0) is 49.4 Å². The van der Waals surface area contributed by atoms with E-state index in [1.165, 1.54) is 19.1 Å². The number of carbonyl (C=O) groups is 4. The number of carboxylic acids is 1. The third kappa shape index (κ3) is 11.0. The Labute approximate surface area is 232 Å². The number of nitrogens with zero attached hydrogens (tertiary/aromatic N) is 1. The van der Waals surface area contributed by atoms with Crippen molar-refractivity contribution in [3.63, 3.8) is 0 Å². The second-order valence-corrected chi connectivity index (χ2v) is 9.31. The third-order valence-corrected chi connectivity index (χ3v) is 5.96. The van der Waals surface area contributed by atoms with Crippen molar-refractivity contribution >= 4 is 29.7 Å². The van der Waals surface area contributed by atoms with Crippen LogP contribution in [-0.2, 0) is 32.0 Å². The van der Waals surface area contributed by atoms with Crippen LogP contribution >= 0.6 is 0 Å². The van der Waals surface area contributed by atoms with Crippen LogP contribution in [0.25, 0.3) is 0 Å². The maximum absolute atomic E-state index is 13.1. The highest BCUT2D eigenvalue weighted by atomic mass is 16.4. The number of hydrogen-bond donors (Lipinski definition) is 8. The van der Waals surface area contributed by atoms with Gasteiger partial charge in [-0.1, -0.05) is 42.5 Å². The number of guanidine groups is 1. The molecule has 2 aromatic carbocycles. The zero-order valence-corrected chi connectivity index (χ0v) is 22.2. The number of benzene rings is 2. The minimum atomic E-state index is -1.30. The van der Waals surface area contributed by atoms with Crippen molar-refractivity contribution in [3.05, 3.63) is 65.7 Å². The number of phenolic OH excluding ortho intramolecular Hbond substituents is 1. The molecule has 40 heavy (non-hydrogen) atoms. The van der Waals surface area contributed by atoms with Crippen molar-refractivity contribution < 1.29 is 29.4 Å². The SMILES string of the molecule is CC(NC(=O)C(N)Cc1ccccc1)C(=O)NC(CCCN=C(N)N)C(=O)NC(Cc1ccc(O)cc1)C(=O)O. The van der Waals surface area contributed by atoms with Gasteiger partial charge in [-0.25, -0.2) is 4.79 Å². The van der Waals surface area contributed by atoms with Gasteiger partial charge in [0.05, 0.1) is 6.04 Å². The summed E-state index contributed by atoms with van der Waals surface area (Å²) in [5.74, 6) is -3.32. The first-order valence-electron chi connectivity index (χ1n) is 12.7. The predicted molar refractivity (Wildman–Crippen MR) is 149 cm³/mol. The van der Waals surface area contributed by atoms with Gasteiger partial charge in [-0.3, -0.25) is 19.4 Å². The fourth-order valence-electron chi connectivity index (χ4n) is 3.76. The average Bonchev–Trinajstić information content (AvgIpc) is 2.91. The van der Waals surface area contributed by atoms with Crippen LogP contribution in [-0.4, -0.2) is 70.6 Å². The Morgan fingerprint density at radius 3 is 2.02 bits per heavy atom. The molecule has 0 saturated carbocycles. The van der Waals surface area contributed by atoms with Gasteiger partial charge in [0.2, 0.25) is 17.7 Å². The quantitative estimate of drug-likeness (QED) is 0.0772. The molecule has 0 saturated heterocycles. The van der Waals surface area contributed by atoms with Crippen LogP contribution in [0.5, 0.6) is 5.75 Å². The van der Waals surface area contributed by atoms with Gasteiger partial charge >= 0.3 is 5.97 Å². The van der Waals surface area contributed by atoms with Crippen molar-refractivity contribution in [1.29, 1.82) is 0 Å². The lowest BCUT2D eigenvalue weighted by atomic mass is 10.0. The number of aliphatic carboxylic acids is 1. The first kappa shape index (κ1) is 31.6. The molecule has 0 spiro atoms. The van der Waals surface area contributed by atoms with E-state index in [-0.39, 0.29) is 37.5 Å². The minimum Gasteiger partial charge on any atom is -0.508 e. The molecule has 13 heteroatoms. The second-order valence-electron chi connectivity index (χ2n) is 9.31. The highest BCUT2D eigenvalue weighted by Gasteiger charge is 2.29. The van der Waals surface area contributed by atoms with Gasteiger partial charge in [0.25, 0.3) is 0 Å². The molecule has 4 atom stereocenters. The average molecular weight is 556 g/mol. The van der Waals surface area contributed by atoms with Gasteiger partial charge in [0, 0.05) is 13.0 Å². The number of aromatic hydroxyl groups is 1. The lowest BCUT2D eigenvalue weighted by Crippen LogP contribution is -2.56. The van der Waals surface area contributed by atoms with Crippen molar-refractivity contribution in [2.75, 3.05) is 6.54 Å². The number of carboxylic acid groups (broad SMARTS) is 1. The van der Waals surface area contributed by atoms with E-state index in [1.807, 2.05) is 30.3 Å². The molecular formula is C27H37N7O6. The summed E-state index contributed by atoms with van der Waals surface area (Å²) < 4.78 is 0. The van der Waals surface area contributed by atoms with Crippen LogP contribution < -0.4 is 33.2 Å². The Morgan fingerprint density at radius 2 is 1.43 bits per heavy atom. The number of carbonyl (C=O) groups excluding carboxylic acids is 3. The number of hydrogen-bond acceptors (Lipinski definition) is 7. The lowest BCUT2D eigenvalue weighted by molar-refractivity contribution is -0.142. The Morgan fingerprint density at radius 1 is 0.825 bits per heavy atom. The summed E-state index contributed by atoms with van der Waals surface area (Å²) in [6, 6.07) is 10.7. The van der Waals surface area contributed by atoms with E-state index in [2.05, 4.69) is 20.9 Å². The molecule has 2 aromatic rings. The number of phenols is 1. The summed E-state index contributed by atoms with van der Waals surface area (Å²) in [7, 11) is 0. The van der Waals surface area contributed by atoms with Crippen LogP contribution in [0.2, 0.25) is 0 Å². The van der Waals surface area contributed by atoms with Crippen molar-refractivity contribution in [1.82, 2.24) is 16.0 Å². The smallest absolute Gasteiger partial charge is 0.326 e. The monoisotopic (exact) mass is 555 g/mol. The molecule has 0 aliphatic heterocycles. The highest BCUT2D eigenvalue weighted by Crippen LogP contribution is 2.12. The molecular weight excluding hydrogens is 518 g/mol. The van der Waals surface area contributed by atoms with Crippen LogP contribution in [0.15, 0.2) is 59.6 Å². The Hall–Kier alpha value is -4.65. The summed E-state index contributed by atoms with van der Waals surface area (Å²) in [6.45, 7) is 1.63. The highest BCUT2D eigenvalue weighted by molar-refractivity contribution is 5.94. The third-order valence-electron chi connectivity index (χ3n) is 5.96. The molecule has 0 aromatic heterocycles. The van der Waals surface area contributed by atoms with E-state index >= 15 is 0 Å². The molecule has 2 rings (SSSR count). The molecule has 0 heterocycles. The zero-order valence-electron chi connectivity index (χ0n) is 22.2. The Bertz CT molecular complexity index is 1170.